The fourth-order valence-electron chi connectivity index (χ4n) is 2.07. The Morgan fingerprint density at radius 3 is 2.24 bits per heavy atom. The van der Waals surface area contributed by atoms with E-state index in [1.165, 1.54) is 6.92 Å². The molecule has 0 saturated carbocycles. The van der Waals surface area contributed by atoms with Crippen molar-refractivity contribution in [1.29, 1.82) is 0 Å². The second-order valence-corrected chi connectivity index (χ2v) is 8.36. The molecule has 0 aromatic rings. The Kier molecular flexibility index (Phi) is 10.3. The molecule has 0 aliphatic heterocycles. The van der Waals surface area contributed by atoms with Gasteiger partial charge in [0.1, 0.15) is 11.8 Å². The molecule has 0 saturated heterocycles. The van der Waals surface area contributed by atoms with Gasteiger partial charge in [0.05, 0.1) is 5.57 Å². The Hall–Kier alpha value is -2.17. The molecule has 29 heavy (non-hydrogen) atoms. The van der Waals surface area contributed by atoms with E-state index in [-0.39, 0.29) is 6.42 Å². The zero-order valence-electron chi connectivity index (χ0n) is 15.5. The molecule has 5 N–H and O–H groups in total. The van der Waals surface area contributed by atoms with Crippen molar-refractivity contribution in [1.82, 2.24) is 0 Å². The molecule has 0 bridgehead atoms. The molecule has 9 nitrogen and oxygen atoms in total. The fraction of sp³-hybridized carbons (Fsp3) is 0.562. The molecular formula is C16H23F3NO8P. The Bertz CT molecular complexity index is 719. The first-order valence-corrected chi connectivity index (χ1v) is 10.1. The number of nitrogens with two attached hydrogens (primary N) is 1. The predicted octanol–water partition coefficient (Wildman–Crippen LogP) is 2.11. The molecule has 0 fully saturated rings. The topological polar surface area (TPSA) is 164 Å². The van der Waals surface area contributed by atoms with Crippen molar-refractivity contribution < 1.29 is 52.0 Å². The van der Waals surface area contributed by atoms with Gasteiger partial charge < -0.3 is 25.6 Å². The normalized spacial score (nSPS) is 16.4. The number of carbonyl (C=O) groups is 3. The number of ether oxygens (including phenoxy) is 1. The van der Waals surface area contributed by atoms with Crippen molar-refractivity contribution >= 4 is 24.8 Å². The number of carboxylic acid groups (broad SMARTS) is 2. The SMILES string of the molecule is C=C(/C(=C\CC(CC)C(=O)P(=O)(O)CCC(N)C(=O)O)OCC(=O)O)C(F)(F)F. The molecule has 0 spiro atoms. The highest BCUT2D eigenvalue weighted by Crippen LogP contribution is 2.46. The summed E-state index contributed by atoms with van der Waals surface area (Å²) in [5, 5.41) is 17.2. The zero-order valence-corrected chi connectivity index (χ0v) is 16.4. The molecule has 166 valence electrons. The van der Waals surface area contributed by atoms with Gasteiger partial charge in [-0.25, -0.2) is 4.79 Å². The fourth-order valence-corrected chi connectivity index (χ4v) is 3.78. The third-order valence-electron chi connectivity index (χ3n) is 3.83. The van der Waals surface area contributed by atoms with Gasteiger partial charge in [-0.15, -0.1) is 0 Å². The number of halogens is 3. The van der Waals surface area contributed by atoms with Gasteiger partial charge in [0.15, 0.2) is 6.61 Å². The quantitative estimate of drug-likeness (QED) is 0.189. The number of allylic oxidation sites excluding steroid dienone is 2. The summed E-state index contributed by atoms with van der Waals surface area (Å²) in [4.78, 5) is 43.4. The van der Waals surface area contributed by atoms with Gasteiger partial charge in [0, 0.05) is 12.1 Å². The number of hydrogen-bond acceptors (Lipinski definition) is 6. The summed E-state index contributed by atoms with van der Waals surface area (Å²) >= 11 is 0. The van der Waals surface area contributed by atoms with Crippen LogP contribution in [0.4, 0.5) is 13.2 Å². The first-order chi connectivity index (χ1) is 13.1. The van der Waals surface area contributed by atoms with Crippen LogP contribution in [-0.2, 0) is 23.7 Å². The van der Waals surface area contributed by atoms with E-state index >= 15 is 0 Å². The van der Waals surface area contributed by atoms with Crippen LogP contribution in [0.2, 0.25) is 0 Å². The summed E-state index contributed by atoms with van der Waals surface area (Å²) in [5.41, 5.74) is 2.61. The Morgan fingerprint density at radius 2 is 1.83 bits per heavy atom. The third kappa shape index (κ3) is 9.25. The van der Waals surface area contributed by atoms with Crippen LogP contribution in [0.5, 0.6) is 0 Å². The van der Waals surface area contributed by atoms with E-state index in [0.29, 0.717) is 0 Å². The molecule has 0 heterocycles. The van der Waals surface area contributed by atoms with Crippen molar-refractivity contribution in [2.75, 3.05) is 12.8 Å². The molecule has 0 aromatic carbocycles. The second-order valence-electron chi connectivity index (χ2n) is 6.06. The summed E-state index contributed by atoms with van der Waals surface area (Å²) in [5.74, 6) is -5.05. The molecule has 3 atom stereocenters. The average Bonchev–Trinajstić information content (AvgIpc) is 2.60. The van der Waals surface area contributed by atoms with E-state index < -0.39 is 79.9 Å². The zero-order chi connectivity index (χ0) is 23.0. The standard InChI is InChI=1S/C16H23F3NO8P/c1-3-10(15(25)29(26,27)7-6-11(20)14(23)24)4-5-12(28-8-13(21)22)9(2)16(17,18)19/h5,10-11H,2-4,6-8,20H2,1H3,(H,21,22)(H,23,24)(H,26,27)/b12-5+. The van der Waals surface area contributed by atoms with Crippen LogP contribution in [0, 0.1) is 5.92 Å². The summed E-state index contributed by atoms with van der Waals surface area (Å²) in [6.07, 6.45) is -5.75. The van der Waals surface area contributed by atoms with Gasteiger partial charge in [0.25, 0.3) is 7.37 Å². The van der Waals surface area contributed by atoms with Crippen molar-refractivity contribution in [2.24, 2.45) is 11.7 Å². The maximum atomic E-state index is 12.8. The molecule has 0 rings (SSSR count). The largest absolute Gasteiger partial charge is 0.482 e. The lowest BCUT2D eigenvalue weighted by molar-refractivity contribution is -0.141. The number of hydrogen-bond donors (Lipinski definition) is 4. The maximum Gasteiger partial charge on any atom is 0.419 e. The van der Waals surface area contributed by atoms with Gasteiger partial charge >= 0.3 is 18.1 Å². The van der Waals surface area contributed by atoms with Crippen molar-refractivity contribution in [3.8, 4) is 0 Å². The molecular weight excluding hydrogens is 422 g/mol. The third-order valence-corrected chi connectivity index (χ3v) is 5.74. The van der Waals surface area contributed by atoms with E-state index in [0.717, 1.165) is 6.08 Å². The number of carbonyl (C=O) groups excluding carboxylic acids is 1. The van der Waals surface area contributed by atoms with Crippen molar-refractivity contribution in [2.45, 2.75) is 38.4 Å². The molecule has 0 aliphatic rings. The van der Waals surface area contributed by atoms with Crippen LogP contribution in [0.15, 0.2) is 24.0 Å². The van der Waals surface area contributed by atoms with E-state index in [4.69, 9.17) is 15.9 Å². The maximum absolute atomic E-state index is 12.8. The van der Waals surface area contributed by atoms with Gasteiger partial charge in [0.2, 0.25) is 5.52 Å². The van der Waals surface area contributed by atoms with Crippen LogP contribution in [0.3, 0.4) is 0 Å². The van der Waals surface area contributed by atoms with Crippen LogP contribution in [0.1, 0.15) is 26.2 Å². The summed E-state index contributed by atoms with van der Waals surface area (Å²) in [6.45, 7) is 3.17. The van der Waals surface area contributed by atoms with Crippen LogP contribution < -0.4 is 5.73 Å². The number of alkyl halides is 3. The van der Waals surface area contributed by atoms with Gasteiger partial charge in [-0.05, 0) is 25.3 Å². The van der Waals surface area contributed by atoms with E-state index in [9.17, 15) is 37.0 Å². The van der Waals surface area contributed by atoms with Crippen molar-refractivity contribution in [3.63, 3.8) is 0 Å². The predicted molar refractivity (Wildman–Crippen MR) is 95.2 cm³/mol. The second kappa shape index (κ2) is 11.1. The summed E-state index contributed by atoms with van der Waals surface area (Å²) in [7, 11) is -4.49. The van der Waals surface area contributed by atoms with E-state index in [1.807, 2.05) is 0 Å². The average molecular weight is 445 g/mol. The van der Waals surface area contributed by atoms with E-state index in [1.54, 1.807) is 0 Å². The van der Waals surface area contributed by atoms with Gasteiger partial charge in [-0.2, -0.15) is 13.2 Å². The lowest BCUT2D eigenvalue weighted by Gasteiger charge is -2.19. The molecule has 3 unspecified atom stereocenters. The minimum absolute atomic E-state index is 0.0183. The molecule has 0 aromatic heterocycles. The highest BCUT2D eigenvalue weighted by molar-refractivity contribution is 7.75. The number of rotatable bonds is 13. The first kappa shape index (κ1) is 26.8. The minimum Gasteiger partial charge on any atom is -0.482 e. The summed E-state index contributed by atoms with van der Waals surface area (Å²) in [6, 6.07) is -1.45. The van der Waals surface area contributed by atoms with Crippen LogP contribution in [0.25, 0.3) is 0 Å². The highest BCUT2D eigenvalue weighted by Gasteiger charge is 2.37. The highest BCUT2D eigenvalue weighted by atomic mass is 31.2. The lowest BCUT2D eigenvalue weighted by Crippen LogP contribution is -2.31. The monoisotopic (exact) mass is 445 g/mol. The first-order valence-electron chi connectivity index (χ1n) is 8.29. The molecule has 0 radical (unpaired) electrons. The number of carboxylic acids is 2. The van der Waals surface area contributed by atoms with E-state index in [2.05, 4.69) is 11.3 Å². The molecule has 0 aliphatic carbocycles. The van der Waals surface area contributed by atoms with Crippen LogP contribution in [-0.4, -0.2) is 57.6 Å². The molecule has 13 heteroatoms. The van der Waals surface area contributed by atoms with Crippen molar-refractivity contribution in [3.05, 3.63) is 24.0 Å². The Labute approximate surface area is 164 Å². The number of aliphatic carboxylic acids is 2. The summed E-state index contributed by atoms with van der Waals surface area (Å²) < 4.78 is 55.3. The Balaban J connectivity index is 5.42. The smallest absolute Gasteiger partial charge is 0.419 e. The minimum atomic E-state index is -4.92. The van der Waals surface area contributed by atoms with Gasteiger partial charge in [-0.3, -0.25) is 14.2 Å². The molecule has 0 amide bonds. The van der Waals surface area contributed by atoms with Gasteiger partial charge in [-0.1, -0.05) is 13.5 Å². The van der Waals surface area contributed by atoms with Crippen LogP contribution >= 0.6 is 7.37 Å². The Morgan fingerprint density at radius 1 is 1.28 bits per heavy atom. The lowest BCUT2D eigenvalue weighted by atomic mass is 10.0.